The first-order valence-electron chi connectivity index (χ1n) is 6.39. The van der Waals surface area contributed by atoms with Gasteiger partial charge >= 0.3 is 0 Å². The van der Waals surface area contributed by atoms with Crippen LogP contribution in [0.25, 0.3) is 28.0 Å². The molecule has 104 valence electrons. The maximum absolute atomic E-state index is 6.27. The van der Waals surface area contributed by atoms with Gasteiger partial charge in [-0.3, -0.25) is 0 Å². The molecule has 0 atom stereocenters. The van der Waals surface area contributed by atoms with Crippen molar-refractivity contribution in [2.75, 3.05) is 5.73 Å². The van der Waals surface area contributed by atoms with Crippen molar-refractivity contribution in [3.63, 3.8) is 0 Å². The first-order chi connectivity index (χ1) is 10.2. The number of H-pyrrole nitrogens is 1. The van der Waals surface area contributed by atoms with Crippen LogP contribution in [0.15, 0.2) is 48.0 Å². The fraction of sp³-hybridized carbons (Fsp3) is 0. The number of fused-ring (bicyclic) bond motifs is 1. The van der Waals surface area contributed by atoms with Crippen LogP contribution in [0.4, 0.5) is 5.00 Å². The number of halogens is 1. The van der Waals surface area contributed by atoms with Crippen LogP contribution in [0.1, 0.15) is 0 Å². The summed E-state index contributed by atoms with van der Waals surface area (Å²) in [7, 11) is 0. The van der Waals surface area contributed by atoms with Gasteiger partial charge in [0.2, 0.25) is 0 Å². The number of benzene rings is 1. The molecule has 4 aromatic rings. The molecule has 0 saturated carbocycles. The molecule has 0 aliphatic heterocycles. The quantitative estimate of drug-likeness (QED) is 0.579. The Labute approximate surface area is 129 Å². The highest BCUT2D eigenvalue weighted by Crippen LogP contribution is 2.38. The number of para-hydroxylation sites is 1. The molecule has 0 bridgehead atoms. The number of hydrogen-bond donors (Lipinski definition) is 2. The van der Waals surface area contributed by atoms with Crippen molar-refractivity contribution in [3.05, 3.63) is 53.0 Å². The monoisotopic (exact) mass is 314 g/mol. The molecule has 0 amide bonds. The molecule has 0 saturated heterocycles. The Morgan fingerprint density at radius 3 is 2.86 bits per heavy atom. The minimum absolute atomic E-state index is 0.581. The number of nitrogens with two attached hydrogens (primary N) is 1. The summed E-state index contributed by atoms with van der Waals surface area (Å²) >= 11 is 7.71. The molecular formula is C15H11ClN4S. The highest BCUT2D eigenvalue weighted by Gasteiger charge is 2.15. The van der Waals surface area contributed by atoms with E-state index in [9.17, 15) is 0 Å². The van der Waals surface area contributed by atoms with Gasteiger partial charge in [0, 0.05) is 21.8 Å². The van der Waals surface area contributed by atoms with Crippen molar-refractivity contribution in [1.82, 2.24) is 14.8 Å². The van der Waals surface area contributed by atoms with Crippen LogP contribution in [0.5, 0.6) is 0 Å². The summed E-state index contributed by atoms with van der Waals surface area (Å²) in [5.41, 5.74) is 8.73. The van der Waals surface area contributed by atoms with Crippen molar-refractivity contribution in [2.45, 2.75) is 0 Å². The molecule has 0 unspecified atom stereocenters. The molecule has 4 rings (SSSR count). The summed E-state index contributed by atoms with van der Waals surface area (Å²) in [5.74, 6) is 0.900. The lowest BCUT2D eigenvalue weighted by Crippen LogP contribution is -1.98. The lowest BCUT2D eigenvalue weighted by atomic mass is 10.2. The Bertz CT molecular complexity index is 901. The zero-order chi connectivity index (χ0) is 14.4. The highest BCUT2D eigenvalue weighted by molar-refractivity contribution is 7.15. The minimum atomic E-state index is 0.581. The van der Waals surface area contributed by atoms with Crippen molar-refractivity contribution in [3.8, 4) is 17.1 Å². The van der Waals surface area contributed by atoms with Crippen LogP contribution < -0.4 is 5.73 Å². The van der Waals surface area contributed by atoms with E-state index in [0.717, 1.165) is 28.0 Å². The van der Waals surface area contributed by atoms with Gasteiger partial charge in [-0.2, -0.15) is 5.10 Å². The number of hydrogen-bond acceptors (Lipinski definition) is 3. The standard InChI is InChI=1S/C15H11ClN4S/c16-14-10(8-21-15(14)17)12-5-6-18-20(12)13-7-9-3-1-2-4-11(9)19-13/h1-8,19H,17H2. The Morgan fingerprint density at radius 1 is 1.24 bits per heavy atom. The maximum atomic E-state index is 6.27. The minimum Gasteiger partial charge on any atom is -0.389 e. The van der Waals surface area contributed by atoms with Gasteiger partial charge in [0.15, 0.2) is 0 Å². The van der Waals surface area contributed by atoms with E-state index in [1.54, 1.807) is 6.20 Å². The summed E-state index contributed by atoms with van der Waals surface area (Å²) in [6.45, 7) is 0. The van der Waals surface area contributed by atoms with Gasteiger partial charge in [0.25, 0.3) is 0 Å². The number of thiophene rings is 1. The second-order valence-corrected chi connectivity index (χ2v) is 5.99. The van der Waals surface area contributed by atoms with Crippen LogP contribution in [0.2, 0.25) is 5.02 Å². The maximum Gasteiger partial charge on any atom is 0.133 e. The number of rotatable bonds is 2. The summed E-state index contributed by atoms with van der Waals surface area (Å²) < 4.78 is 1.84. The van der Waals surface area contributed by atoms with Gasteiger partial charge in [-0.05, 0) is 18.2 Å². The largest absolute Gasteiger partial charge is 0.389 e. The topological polar surface area (TPSA) is 59.6 Å². The number of nitrogens with one attached hydrogen (secondary N) is 1. The van der Waals surface area contributed by atoms with Crippen LogP contribution in [0.3, 0.4) is 0 Å². The predicted octanol–water partition coefficient (Wildman–Crippen LogP) is 4.32. The first-order valence-corrected chi connectivity index (χ1v) is 7.65. The lowest BCUT2D eigenvalue weighted by molar-refractivity contribution is 0.865. The van der Waals surface area contributed by atoms with Crippen LogP contribution in [0, 0.1) is 0 Å². The average molecular weight is 315 g/mol. The Balaban J connectivity index is 1.90. The lowest BCUT2D eigenvalue weighted by Gasteiger charge is -2.04. The summed E-state index contributed by atoms with van der Waals surface area (Å²) in [6.07, 6.45) is 1.75. The third-order valence-electron chi connectivity index (χ3n) is 3.42. The fourth-order valence-corrected chi connectivity index (χ4v) is 3.45. The van der Waals surface area contributed by atoms with E-state index >= 15 is 0 Å². The molecule has 0 aliphatic carbocycles. The van der Waals surface area contributed by atoms with Gasteiger partial charge in [-0.1, -0.05) is 29.8 Å². The average Bonchev–Trinajstić information content (AvgIpc) is 3.18. The fourth-order valence-electron chi connectivity index (χ4n) is 2.40. The molecule has 4 nitrogen and oxygen atoms in total. The van der Waals surface area contributed by atoms with E-state index in [2.05, 4.69) is 22.2 Å². The number of anilines is 1. The summed E-state index contributed by atoms with van der Waals surface area (Å²) in [6, 6.07) is 12.1. The number of nitrogens with zero attached hydrogens (tertiary/aromatic N) is 2. The molecule has 0 fully saturated rings. The van der Waals surface area contributed by atoms with Gasteiger partial charge in [-0.15, -0.1) is 11.3 Å². The van der Waals surface area contributed by atoms with E-state index in [4.69, 9.17) is 17.3 Å². The second kappa shape index (κ2) is 4.65. The Hall–Kier alpha value is -2.24. The predicted molar refractivity (Wildman–Crippen MR) is 88.2 cm³/mol. The second-order valence-electron chi connectivity index (χ2n) is 4.70. The molecule has 6 heteroatoms. The van der Waals surface area contributed by atoms with E-state index < -0.39 is 0 Å². The van der Waals surface area contributed by atoms with E-state index in [0.29, 0.717) is 10.0 Å². The van der Waals surface area contributed by atoms with Crippen LogP contribution >= 0.6 is 22.9 Å². The molecule has 0 radical (unpaired) electrons. The molecule has 3 N–H and O–H groups in total. The third kappa shape index (κ3) is 1.93. The third-order valence-corrected chi connectivity index (χ3v) is 4.75. The smallest absolute Gasteiger partial charge is 0.133 e. The molecule has 21 heavy (non-hydrogen) atoms. The number of aromatic nitrogens is 3. The van der Waals surface area contributed by atoms with E-state index in [-0.39, 0.29) is 0 Å². The highest BCUT2D eigenvalue weighted by atomic mass is 35.5. The van der Waals surface area contributed by atoms with E-state index in [1.807, 2.05) is 34.3 Å². The van der Waals surface area contributed by atoms with Crippen molar-refractivity contribution in [1.29, 1.82) is 0 Å². The molecule has 0 spiro atoms. The molecule has 1 aromatic carbocycles. The zero-order valence-electron chi connectivity index (χ0n) is 10.9. The molecule has 3 heterocycles. The molecular weight excluding hydrogens is 304 g/mol. The van der Waals surface area contributed by atoms with E-state index in [1.165, 1.54) is 11.3 Å². The zero-order valence-corrected chi connectivity index (χ0v) is 12.4. The van der Waals surface area contributed by atoms with Crippen LogP contribution in [-0.2, 0) is 0 Å². The van der Waals surface area contributed by atoms with Crippen molar-refractivity contribution in [2.24, 2.45) is 0 Å². The van der Waals surface area contributed by atoms with Crippen molar-refractivity contribution >= 4 is 38.8 Å². The Morgan fingerprint density at radius 2 is 2.10 bits per heavy atom. The molecule has 0 aliphatic rings. The number of aromatic amines is 1. The first kappa shape index (κ1) is 12.5. The molecule has 3 aromatic heterocycles. The van der Waals surface area contributed by atoms with Crippen molar-refractivity contribution < 1.29 is 0 Å². The summed E-state index contributed by atoms with van der Waals surface area (Å²) in [4.78, 5) is 3.36. The van der Waals surface area contributed by atoms with Gasteiger partial charge in [0.05, 0.1) is 16.9 Å². The van der Waals surface area contributed by atoms with Gasteiger partial charge in [0.1, 0.15) is 10.8 Å². The normalized spacial score (nSPS) is 11.3. The Kier molecular flexibility index (Phi) is 2.77. The van der Waals surface area contributed by atoms with Gasteiger partial charge < -0.3 is 10.7 Å². The SMILES string of the molecule is Nc1scc(-c2ccnn2-c2cc3ccccc3[nH]2)c1Cl. The summed E-state index contributed by atoms with van der Waals surface area (Å²) in [5, 5.41) is 8.70. The number of nitrogen functional groups attached to an aromatic ring is 1. The van der Waals surface area contributed by atoms with Crippen LogP contribution in [-0.4, -0.2) is 14.8 Å². The van der Waals surface area contributed by atoms with Gasteiger partial charge in [-0.25, -0.2) is 4.68 Å².